The molecule has 30 heavy (non-hydrogen) atoms. The second-order valence-corrected chi connectivity index (χ2v) is 7.24. The van der Waals surface area contributed by atoms with Gasteiger partial charge in [0.05, 0.1) is 5.02 Å². The molecule has 0 heterocycles. The van der Waals surface area contributed by atoms with Crippen LogP contribution in [0.5, 0.6) is 23.0 Å². The average Bonchev–Trinajstić information content (AvgIpc) is 2.78. The highest BCUT2D eigenvalue weighted by Gasteiger charge is 2.19. The van der Waals surface area contributed by atoms with E-state index in [1.165, 1.54) is 0 Å². The van der Waals surface area contributed by atoms with Gasteiger partial charge in [-0.05, 0) is 30.3 Å². The van der Waals surface area contributed by atoms with Crippen LogP contribution in [-0.2, 0) is 0 Å². The number of benzene rings is 4. The van der Waals surface area contributed by atoms with E-state index in [2.05, 4.69) is 0 Å². The van der Waals surface area contributed by atoms with E-state index >= 15 is 0 Å². The van der Waals surface area contributed by atoms with E-state index in [1.54, 1.807) is 48.5 Å². The number of hydrogen-bond acceptors (Lipinski definition) is 3. The van der Waals surface area contributed by atoms with Crippen molar-refractivity contribution in [3.8, 4) is 23.0 Å². The fourth-order valence-electron chi connectivity index (χ4n) is 2.90. The van der Waals surface area contributed by atoms with Crippen LogP contribution >= 0.6 is 23.2 Å². The van der Waals surface area contributed by atoms with Crippen molar-refractivity contribution in [2.24, 2.45) is 0 Å². The monoisotopic (exact) mass is 434 g/mol. The molecule has 0 N–H and O–H groups in total. The molecule has 3 nitrogen and oxygen atoms in total. The Hall–Kier alpha value is -3.27. The first kappa shape index (κ1) is 20.0. The first-order chi connectivity index (χ1) is 14.6. The van der Waals surface area contributed by atoms with Gasteiger partial charge in [-0.2, -0.15) is 0 Å². The van der Waals surface area contributed by atoms with Crippen LogP contribution in [0.1, 0.15) is 15.9 Å². The summed E-state index contributed by atoms with van der Waals surface area (Å²) in [6, 6.07) is 28.6. The Morgan fingerprint density at radius 3 is 1.87 bits per heavy atom. The second kappa shape index (κ2) is 9.04. The zero-order valence-electron chi connectivity index (χ0n) is 15.7. The smallest absolute Gasteiger partial charge is 0.194 e. The molecule has 5 heteroatoms. The van der Waals surface area contributed by atoms with E-state index in [9.17, 15) is 4.79 Å². The standard InChI is InChI=1S/C25H16Cl2O3/c26-18-15-20(25(28)17-9-3-1-4-10-17)24(27)23(16-18)30-22-14-8-7-13-21(22)29-19-11-5-2-6-12-19/h1-16H. The fraction of sp³-hybridized carbons (Fsp3) is 0. The third-order valence-corrected chi connectivity index (χ3v) is 4.93. The maximum atomic E-state index is 12.9. The Balaban J connectivity index is 1.68. The molecule has 0 bridgehead atoms. The normalized spacial score (nSPS) is 10.5. The summed E-state index contributed by atoms with van der Waals surface area (Å²) >= 11 is 12.8. The molecule has 4 rings (SSSR count). The summed E-state index contributed by atoms with van der Waals surface area (Å²) in [5.74, 6) is 1.67. The van der Waals surface area contributed by atoms with Crippen molar-refractivity contribution >= 4 is 29.0 Å². The Morgan fingerprint density at radius 1 is 0.633 bits per heavy atom. The van der Waals surface area contributed by atoms with Crippen molar-refractivity contribution in [2.75, 3.05) is 0 Å². The summed E-state index contributed by atoms with van der Waals surface area (Å²) in [4.78, 5) is 12.9. The third-order valence-electron chi connectivity index (χ3n) is 4.32. The third kappa shape index (κ3) is 4.48. The van der Waals surface area contributed by atoms with Gasteiger partial charge in [0.15, 0.2) is 17.3 Å². The zero-order valence-corrected chi connectivity index (χ0v) is 17.2. The Bertz CT molecular complexity index is 1180. The molecule has 0 amide bonds. The van der Waals surface area contributed by atoms with Gasteiger partial charge in [-0.25, -0.2) is 0 Å². The molecule has 0 aliphatic heterocycles. The van der Waals surface area contributed by atoms with Gasteiger partial charge in [0.25, 0.3) is 0 Å². The van der Waals surface area contributed by atoms with Gasteiger partial charge < -0.3 is 9.47 Å². The lowest BCUT2D eigenvalue weighted by Crippen LogP contribution is -2.03. The van der Waals surface area contributed by atoms with Crippen molar-refractivity contribution in [3.05, 3.63) is 118 Å². The minimum absolute atomic E-state index is 0.183. The molecule has 0 saturated carbocycles. The Morgan fingerprint density at radius 2 is 1.20 bits per heavy atom. The summed E-state index contributed by atoms with van der Waals surface area (Å²) in [7, 11) is 0. The maximum Gasteiger partial charge on any atom is 0.194 e. The predicted molar refractivity (Wildman–Crippen MR) is 119 cm³/mol. The lowest BCUT2D eigenvalue weighted by molar-refractivity contribution is 0.103. The van der Waals surface area contributed by atoms with Gasteiger partial charge in [-0.15, -0.1) is 0 Å². The Kier molecular flexibility index (Phi) is 6.03. The Labute approximate surface area is 184 Å². The first-order valence-electron chi connectivity index (χ1n) is 9.20. The van der Waals surface area contributed by atoms with Crippen molar-refractivity contribution in [1.82, 2.24) is 0 Å². The average molecular weight is 435 g/mol. The minimum atomic E-state index is -0.234. The molecule has 0 unspecified atom stereocenters. The number of hydrogen-bond donors (Lipinski definition) is 0. The summed E-state index contributed by atoms with van der Waals surface area (Å²) in [6.45, 7) is 0. The molecule has 0 spiro atoms. The van der Waals surface area contributed by atoms with Gasteiger partial charge in [0.2, 0.25) is 0 Å². The quantitative estimate of drug-likeness (QED) is 0.290. The molecule has 0 radical (unpaired) electrons. The van der Waals surface area contributed by atoms with Gasteiger partial charge in [-0.3, -0.25) is 4.79 Å². The van der Waals surface area contributed by atoms with Gasteiger partial charge in [0, 0.05) is 22.2 Å². The maximum absolute atomic E-state index is 12.9. The molecule has 0 aliphatic carbocycles. The van der Waals surface area contributed by atoms with Crippen LogP contribution in [0, 0.1) is 0 Å². The van der Waals surface area contributed by atoms with E-state index in [0.29, 0.717) is 27.8 Å². The topological polar surface area (TPSA) is 35.5 Å². The number of para-hydroxylation sites is 3. The van der Waals surface area contributed by atoms with Crippen LogP contribution in [0.4, 0.5) is 0 Å². The molecule has 0 fully saturated rings. The molecular formula is C25H16Cl2O3. The molecule has 4 aromatic rings. The summed E-state index contributed by atoms with van der Waals surface area (Å²) < 4.78 is 12.0. The van der Waals surface area contributed by atoms with Crippen LogP contribution in [0.3, 0.4) is 0 Å². The van der Waals surface area contributed by atoms with Gasteiger partial charge >= 0.3 is 0 Å². The highest BCUT2D eigenvalue weighted by Crippen LogP contribution is 2.40. The minimum Gasteiger partial charge on any atom is -0.453 e. The number of carbonyl (C=O) groups is 1. The van der Waals surface area contributed by atoms with E-state index < -0.39 is 0 Å². The lowest BCUT2D eigenvalue weighted by atomic mass is 10.0. The van der Waals surface area contributed by atoms with Crippen LogP contribution < -0.4 is 9.47 Å². The second-order valence-electron chi connectivity index (χ2n) is 6.42. The summed E-state index contributed by atoms with van der Waals surface area (Å²) in [5.41, 5.74) is 0.784. The molecule has 148 valence electrons. The van der Waals surface area contributed by atoms with E-state index in [-0.39, 0.29) is 22.1 Å². The summed E-state index contributed by atoms with van der Waals surface area (Å²) in [5, 5.41) is 0.526. The highest BCUT2D eigenvalue weighted by molar-refractivity contribution is 6.38. The molecule has 0 saturated heterocycles. The molecular weight excluding hydrogens is 419 g/mol. The molecule has 4 aromatic carbocycles. The fourth-order valence-corrected chi connectivity index (χ4v) is 3.34. The number of rotatable bonds is 6. The van der Waals surface area contributed by atoms with Gasteiger partial charge in [0.1, 0.15) is 11.5 Å². The van der Waals surface area contributed by atoms with Crippen LogP contribution in [0.15, 0.2) is 97.1 Å². The van der Waals surface area contributed by atoms with E-state index in [4.69, 9.17) is 32.7 Å². The van der Waals surface area contributed by atoms with Crippen LogP contribution in [0.25, 0.3) is 0 Å². The highest BCUT2D eigenvalue weighted by atomic mass is 35.5. The molecule has 0 aliphatic rings. The zero-order chi connectivity index (χ0) is 20.9. The predicted octanol–water partition coefficient (Wildman–Crippen LogP) is 7.81. The molecule has 0 atom stereocenters. The van der Waals surface area contributed by atoms with E-state index in [1.807, 2.05) is 48.5 Å². The van der Waals surface area contributed by atoms with Crippen molar-refractivity contribution in [3.63, 3.8) is 0 Å². The number of carbonyl (C=O) groups excluding carboxylic acids is 1. The van der Waals surface area contributed by atoms with E-state index in [0.717, 1.165) is 0 Å². The van der Waals surface area contributed by atoms with Crippen molar-refractivity contribution < 1.29 is 14.3 Å². The van der Waals surface area contributed by atoms with Crippen LogP contribution in [-0.4, -0.2) is 5.78 Å². The van der Waals surface area contributed by atoms with Crippen molar-refractivity contribution in [2.45, 2.75) is 0 Å². The van der Waals surface area contributed by atoms with Gasteiger partial charge in [-0.1, -0.05) is 83.9 Å². The first-order valence-corrected chi connectivity index (χ1v) is 9.96. The number of ketones is 1. The van der Waals surface area contributed by atoms with Crippen molar-refractivity contribution in [1.29, 1.82) is 0 Å². The largest absolute Gasteiger partial charge is 0.453 e. The number of halogens is 2. The SMILES string of the molecule is O=C(c1ccccc1)c1cc(Cl)cc(Oc2ccccc2Oc2ccccc2)c1Cl. The number of ether oxygens (including phenoxy) is 2. The summed E-state index contributed by atoms with van der Waals surface area (Å²) in [6.07, 6.45) is 0. The molecule has 0 aromatic heterocycles. The lowest BCUT2D eigenvalue weighted by Gasteiger charge is -2.15. The van der Waals surface area contributed by atoms with Crippen LogP contribution in [0.2, 0.25) is 10.0 Å².